The van der Waals surface area contributed by atoms with Gasteiger partial charge in [-0.05, 0) is 47.6 Å². The number of thioether (sulfide) groups is 1. The second-order valence-electron chi connectivity index (χ2n) is 7.47. The predicted molar refractivity (Wildman–Crippen MR) is 101 cm³/mol. The van der Waals surface area contributed by atoms with Crippen molar-refractivity contribution in [1.82, 2.24) is 20.2 Å². The Morgan fingerprint density at radius 2 is 1.84 bits per heavy atom. The third-order valence-electron chi connectivity index (χ3n) is 4.29. The average Bonchev–Trinajstić information content (AvgIpc) is 2.49. The fraction of sp³-hybridized carbons (Fsp3) is 0.722. The first kappa shape index (κ1) is 20.1. The molecule has 2 unspecified atom stereocenters. The van der Waals surface area contributed by atoms with Gasteiger partial charge in [0.2, 0.25) is 5.91 Å². The molecule has 0 spiro atoms. The molecule has 1 fully saturated rings. The van der Waals surface area contributed by atoms with E-state index in [4.69, 9.17) is 4.74 Å². The highest BCUT2D eigenvalue weighted by Crippen LogP contribution is 2.21. The van der Waals surface area contributed by atoms with Crippen LogP contribution in [0.25, 0.3) is 0 Å². The molecule has 1 aromatic rings. The van der Waals surface area contributed by atoms with Gasteiger partial charge in [0.05, 0.1) is 18.0 Å². The number of hydrogen-bond acceptors (Lipinski definition) is 6. The number of nitrogens with zero attached hydrogens (tertiary/aromatic N) is 3. The van der Waals surface area contributed by atoms with Crippen molar-refractivity contribution in [3.05, 3.63) is 17.5 Å². The lowest BCUT2D eigenvalue weighted by molar-refractivity contribution is -0.120. The molecule has 7 heteroatoms. The molecule has 2 heterocycles. The van der Waals surface area contributed by atoms with Gasteiger partial charge in [-0.2, -0.15) is 0 Å². The number of rotatable bonds is 6. The maximum absolute atomic E-state index is 12.2. The van der Waals surface area contributed by atoms with E-state index in [0.29, 0.717) is 17.5 Å². The van der Waals surface area contributed by atoms with Gasteiger partial charge in [-0.15, -0.1) is 0 Å². The van der Waals surface area contributed by atoms with E-state index in [1.807, 2.05) is 19.9 Å². The highest BCUT2D eigenvalue weighted by molar-refractivity contribution is 7.99. The van der Waals surface area contributed by atoms with Crippen molar-refractivity contribution in [3.63, 3.8) is 0 Å². The van der Waals surface area contributed by atoms with Crippen molar-refractivity contribution in [3.8, 4) is 0 Å². The van der Waals surface area contributed by atoms with Gasteiger partial charge in [0.25, 0.3) is 0 Å². The van der Waals surface area contributed by atoms with Crippen molar-refractivity contribution >= 4 is 17.7 Å². The van der Waals surface area contributed by atoms with Crippen LogP contribution in [0, 0.1) is 13.8 Å². The summed E-state index contributed by atoms with van der Waals surface area (Å²) in [4.78, 5) is 23.3. The Hall–Kier alpha value is -1.18. The summed E-state index contributed by atoms with van der Waals surface area (Å²) in [5, 5.41) is 3.71. The van der Waals surface area contributed by atoms with Crippen LogP contribution >= 0.6 is 11.8 Å². The van der Waals surface area contributed by atoms with E-state index in [-0.39, 0.29) is 23.7 Å². The third kappa shape index (κ3) is 6.24. The Morgan fingerprint density at radius 3 is 2.40 bits per heavy atom. The van der Waals surface area contributed by atoms with E-state index in [0.717, 1.165) is 24.5 Å². The summed E-state index contributed by atoms with van der Waals surface area (Å²) in [7, 11) is 0. The maximum atomic E-state index is 12.2. The Bertz CT molecular complexity index is 578. The summed E-state index contributed by atoms with van der Waals surface area (Å²) in [5.74, 6) is 0.338. The molecule has 25 heavy (non-hydrogen) atoms. The van der Waals surface area contributed by atoms with Crippen LogP contribution in [0.3, 0.4) is 0 Å². The first-order valence-corrected chi connectivity index (χ1v) is 9.76. The quantitative estimate of drug-likeness (QED) is 0.615. The molecule has 0 aliphatic carbocycles. The predicted octanol–water partition coefficient (Wildman–Crippen LogP) is 2.19. The molecular formula is C18H30N4O2S. The van der Waals surface area contributed by atoms with Gasteiger partial charge in [0.1, 0.15) is 0 Å². The molecule has 2 rings (SSSR count). The minimum absolute atomic E-state index is 0.00944. The second kappa shape index (κ2) is 8.47. The van der Waals surface area contributed by atoms with Gasteiger partial charge in [0, 0.05) is 36.6 Å². The first-order valence-electron chi connectivity index (χ1n) is 8.78. The molecule has 6 nitrogen and oxygen atoms in total. The number of carbonyl (C=O) groups excluding carboxylic acids is 1. The van der Waals surface area contributed by atoms with Crippen molar-refractivity contribution in [2.45, 2.75) is 64.4 Å². The van der Waals surface area contributed by atoms with Crippen molar-refractivity contribution in [2.24, 2.45) is 0 Å². The summed E-state index contributed by atoms with van der Waals surface area (Å²) < 4.78 is 5.80. The average molecular weight is 367 g/mol. The molecule has 1 aliphatic rings. The van der Waals surface area contributed by atoms with Crippen LogP contribution < -0.4 is 5.32 Å². The first-order chi connectivity index (χ1) is 11.7. The molecule has 1 N–H and O–H groups in total. The normalized spacial score (nSPS) is 22.0. The third-order valence-corrected chi connectivity index (χ3v) is 5.14. The summed E-state index contributed by atoms with van der Waals surface area (Å²) in [6.45, 7) is 14.8. The van der Waals surface area contributed by atoms with Gasteiger partial charge in [-0.25, -0.2) is 9.97 Å². The number of aromatic nitrogens is 2. The number of morpholine rings is 1. The lowest BCUT2D eigenvalue weighted by Crippen LogP contribution is -2.58. The van der Waals surface area contributed by atoms with Gasteiger partial charge in [0.15, 0.2) is 5.16 Å². The molecule has 1 saturated heterocycles. The van der Waals surface area contributed by atoms with E-state index < -0.39 is 0 Å². The van der Waals surface area contributed by atoms with E-state index in [2.05, 4.69) is 47.9 Å². The molecule has 1 aliphatic heterocycles. The summed E-state index contributed by atoms with van der Waals surface area (Å²) in [5.41, 5.74) is 1.74. The zero-order chi connectivity index (χ0) is 18.6. The molecule has 0 aromatic carbocycles. The SMILES string of the molecule is Cc1cc(C)nc(SCC(=O)NCC(C)(C)N2CC(C)OC(C)C2)n1. The number of carbonyl (C=O) groups is 1. The smallest absolute Gasteiger partial charge is 0.230 e. The van der Waals surface area contributed by atoms with E-state index >= 15 is 0 Å². The molecular weight excluding hydrogens is 336 g/mol. The molecule has 1 amide bonds. The summed E-state index contributed by atoms with van der Waals surface area (Å²) >= 11 is 1.38. The van der Waals surface area contributed by atoms with Crippen LogP contribution in [-0.4, -0.2) is 63.9 Å². The number of hydrogen-bond donors (Lipinski definition) is 1. The molecule has 1 aromatic heterocycles. The van der Waals surface area contributed by atoms with Crippen LogP contribution in [0.2, 0.25) is 0 Å². The monoisotopic (exact) mass is 366 g/mol. The number of nitrogens with one attached hydrogen (secondary N) is 1. The fourth-order valence-corrected chi connectivity index (χ4v) is 3.82. The highest BCUT2D eigenvalue weighted by atomic mass is 32.2. The molecule has 0 radical (unpaired) electrons. The van der Waals surface area contributed by atoms with E-state index in [1.165, 1.54) is 11.8 Å². The minimum Gasteiger partial charge on any atom is -0.373 e. The number of amides is 1. The van der Waals surface area contributed by atoms with Crippen LogP contribution in [-0.2, 0) is 9.53 Å². The van der Waals surface area contributed by atoms with Crippen molar-refractivity contribution in [2.75, 3.05) is 25.4 Å². The summed E-state index contributed by atoms with van der Waals surface area (Å²) in [6, 6.07) is 1.93. The zero-order valence-corrected chi connectivity index (χ0v) is 16.9. The lowest BCUT2D eigenvalue weighted by Gasteiger charge is -2.45. The second-order valence-corrected chi connectivity index (χ2v) is 8.42. The zero-order valence-electron chi connectivity index (χ0n) is 16.1. The van der Waals surface area contributed by atoms with Gasteiger partial charge < -0.3 is 10.1 Å². The van der Waals surface area contributed by atoms with Crippen LogP contribution in [0.4, 0.5) is 0 Å². The molecule has 0 bridgehead atoms. The van der Waals surface area contributed by atoms with Crippen molar-refractivity contribution < 1.29 is 9.53 Å². The fourth-order valence-electron chi connectivity index (χ4n) is 3.04. The molecule has 2 atom stereocenters. The summed E-state index contributed by atoms with van der Waals surface area (Å²) in [6.07, 6.45) is 0.437. The minimum atomic E-state index is -0.108. The van der Waals surface area contributed by atoms with E-state index in [9.17, 15) is 4.79 Å². The van der Waals surface area contributed by atoms with Gasteiger partial charge in [-0.1, -0.05) is 11.8 Å². The largest absolute Gasteiger partial charge is 0.373 e. The van der Waals surface area contributed by atoms with Crippen LogP contribution in [0.5, 0.6) is 0 Å². The van der Waals surface area contributed by atoms with Crippen LogP contribution in [0.15, 0.2) is 11.2 Å². The molecule has 140 valence electrons. The van der Waals surface area contributed by atoms with Gasteiger partial charge in [-0.3, -0.25) is 9.69 Å². The Balaban J connectivity index is 1.82. The highest BCUT2D eigenvalue weighted by Gasteiger charge is 2.33. The Labute approximate surface area is 155 Å². The van der Waals surface area contributed by atoms with E-state index in [1.54, 1.807) is 0 Å². The Kier molecular flexibility index (Phi) is 6.82. The lowest BCUT2D eigenvalue weighted by atomic mass is 10.00. The van der Waals surface area contributed by atoms with Gasteiger partial charge >= 0.3 is 0 Å². The number of ether oxygens (including phenoxy) is 1. The molecule has 0 saturated carbocycles. The number of aryl methyl sites for hydroxylation is 2. The topological polar surface area (TPSA) is 67.4 Å². The standard InChI is InChI=1S/C18H30N4O2S/c1-12-7-13(2)21-17(20-12)25-10-16(23)19-11-18(5,6)22-8-14(3)24-15(4)9-22/h7,14-15H,8-11H2,1-6H3,(H,19,23). The van der Waals surface area contributed by atoms with Crippen molar-refractivity contribution in [1.29, 1.82) is 0 Å². The van der Waals surface area contributed by atoms with Crippen LogP contribution in [0.1, 0.15) is 39.1 Å². The Morgan fingerprint density at radius 1 is 1.28 bits per heavy atom. The maximum Gasteiger partial charge on any atom is 0.230 e.